The minimum Gasteiger partial charge on any atom is -0.234 e. The maximum absolute atomic E-state index is 7.09. The standard InChI is InChI=1S/C18H21ClIN3S/c1-16(2)18(19)10-9-17(3,24-16)13(11-18)23-15(20)14(21-22-23)12-7-5-4-6-8-12/h4-8,13H,9-11H2,1-3H3. The van der Waals surface area contributed by atoms with Gasteiger partial charge in [0.2, 0.25) is 0 Å². The first-order valence-electron chi connectivity index (χ1n) is 8.31. The number of hydrogen-bond donors (Lipinski definition) is 0. The summed E-state index contributed by atoms with van der Waals surface area (Å²) in [6.07, 6.45) is 3.17. The van der Waals surface area contributed by atoms with Gasteiger partial charge in [-0.25, -0.2) is 4.68 Å². The molecule has 2 aromatic rings. The Morgan fingerprint density at radius 1 is 1.21 bits per heavy atom. The molecule has 6 heteroatoms. The van der Waals surface area contributed by atoms with Crippen molar-refractivity contribution < 1.29 is 0 Å². The average Bonchev–Trinajstić information content (AvgIpc) is 2.91. The van der Waals surface area contributed by atoms with Crippen molar-refractivity contribution in [1.82, 2.24) is 15.0 Å². The van der Waals surface area contributed by atoms with Crippen LogP contribution in [0.3, 0.4) is 0 Å². The molecule has 2 saturated heterocycles. The summed E-state index contributed by atoms with van der Waals surface area (Å²) in [6, 6.07) is 10.6. The fraction of sp³-hybridized carbons (Fsp3) is 0.556. The zero-order valence-electron chi connectivity index (χ0n) is 14.1. The summed E-state index contributed by atoms with van der Waals surface area (Å²) in [7, 11) is 0. The van der Waals surface area contributed by atoms with Gasteiger partial charge in [-0.3, -0.25) is 0 Å². The van der Waals surface area contributed by atoms with Crippen molar-refractivity contribution in [3.05, 3.63) is 34.0 Å². The third-order valence-electron chi connectivity index (χ3n) is 5.79. The lowest BCUT2D eigenvalue weighted by molar-refractivity contribution is 0.175. The molecule has 3 aliphatic rings. The van der Waals surface area contributed by atoms with E-state index in [1.807, 2.05) is 30.0 Å². The molecule has 1 saturated carbocycles. The van der Waals surface area contributed by atoms with E-state index in [2.05, 4.69) is 70.5 Å². The van der Waals surface area contributed by atoms with Crippen LogP contribution >= 0.6 is 46.0 Å². The van der Waals surface area contributed by atoms with Crippen LogP contribution in [-0.2, 0) is 0 Å². The molecule has 3 unspecified atom stereocenters. The smallest absolute Gasteiger partial charge is 0.127 e. The lowest BCUT2D eigenvalue weighted by Crippen LogP contribution is -2.60. The van der Waals surface area contributed by atoms with Gasteiger partial charge < -0.3 is 0 Å². The van der Waals surface area contributed by atoms with Gasteiger partial charge >= 0.3 is 0 Å². The highest BCUT2D eigenvalue weighted by Gasteiger charge is 2.62. The van der Waals surface area contributed by atoms with Crippen molar-refractivity contribution in [3.63, 3.8) is 0 Å². The Morgan fingerprint density at radius 2 is 1.92 bits per heavy atom. The summed E-state index contributed by atoms with van der Waals surface area (Å²) >= 11 is 11.5. The largest absolute Gasteiger partial charge is 0.234 e. The van der Waals surface area contributed by atoms with Crippen LogP contribution in [0.5, 0.6) is 0 Å². The van der Waals surface area contributed by atoms with Gasteiger partial charge in [-0.2, -0.15) is 0 Å². The summed E-state index contributed by atoms with van der Waals surface area (Å²) in [5.74, 6) is 0. The number of alkyl halides is 1. The fourth-order valence-corrected chi connectivity index (χ4v) is 7.44. The van der Waals surface area contributed by atoms with E-state index in [-0.39, 0.29) is 14.4 Å². The van der Waals surface area contributed by atoms with Crippen molar-refractivity contribution in [2.75, 3.05) is 0 Å². The minimum absolute atomic E-state index is 0.0896. The Morgan fingerprint density at radius 3 is 2.58 bits per heavy atom. The molecule has 1 aliphatic carbocycles. The van der Waals surface area contributed by atoms with Gasteiger partial charge in [-0.05, 0) is 62.6 Å². The number of fused-ring (bicyclic) bond motifs is 3. The second-order valence-electron chi connectivity index (χ2n) is 7.65. The zero-order valence-corrected chi connectivity index (χ0v) is 17.8. The SMILES string of the molecule is CC12CCC(Cl)(CC1n1nnc(-c3ccccc3)c1I)C(C)(C)S2. The molecule has 2 aliphatic heterocycles. The Bertz CT molecular complexity index is 778. The first-order valence-corrected chi connectivity index (χ1v) is 10.6. The Balaban J connectivity index is 1.75. The number of aromatic nitrogens is 3. The average molecular weight is 474 g/mol. The molecule has 5 rings (SSSR count). The van der Waals surface area contributed by atoms with Gasteiger partial charge in [0.05, 0.1) is 10.9 Å². The quantitative estimate of drug-likeness (QED) is 0.424. The maximum atomic E-state index is 7.09. The van der Waals surface area contributed by atoms with Crippen molar-refractivity contribution in [1.29, 1.82) is 0 Å². The topological polar surface area (TPSA) is 30.7 Å². The van der Waals surface area contributed by atoms with Gasteiger partial charge in [0, 0.05) is 15.1 Å². The van der Waals surface area contributed by atoms with Gasteiger partial charge in [-0.1, -0.05) is 35.5 Å². The van der Waals surface area contributed by atoms with Crippen LogP contribution in [0, 0.1) is 3.70 Å². The molecule has 0 amide bonds. The summed E-state index contributed by atoms with van der Waals surface area (Å²) < 4.78 is 3.48. The van der Waals surface area contributed by atoms with Crippen LogP contribution in [0.4, 0.5) is 0 Å². The highest BCUT2D eigenvalue weighted by Crippen LogP contribution is 2.66. The molecule has 24 heavy (non-hydrogen) atoms. The Labute approximate surface area is 166 Å². The van der Waals surface area contributed by atoms with E-state index in [9.17, 15) is 0 Å². The van der Waals surface area contributed by atoms with E-state index in [4.69, 9.17) is 11.6 Å². The van der Waals surface area contributed by atoms with Gasteiger partial charge in [0.25, 0.3) is 0 Å². The number of benzene rings is 1. The number of hydrogen-bond acceptors (Lipinski definition) is 3. The van der Waals surface area contributed by atoms with Crippen molar-refractivity contribution in [2.45, 2.75) is 60.4 Å². The molecule has 0 spiro atoms. The van der Waals surface area contributed by atoms with E-state index < -0.39 is 0 Å². The molecule has 1 aromatic heterocycles. The predicted molar refractivity (Wildman–Crippen MR) is 110 cm³/mol. The van der Waals surface area contributed by atoms with Crippen LogP contribution in [0.25, 0.3) is 11.3 Å². The zero-order chi connectivity index (χ0) is 17.2. The van der Waals surface area contributed by atoms with Crippen molar-refractivity contribution in [2.24, 2.45) is 0 Å². The van der Waals surface area contributed by atoms with Crippen LogP contribution < -0.4 is 0 Å². The highest BCUT2D eigenvalue weighted by molar-refractivity contribution is 14.1. The molecule has 0 N–H and O–H groups in total. The number of halogens is 2. The van der Waals surface area contributed by atoms with Crippen LogP contribution in [0.15, 0.2) is 30.3 Å². The number of rotatable bonds is 2. The normalized spacial score (nSPS) is 34.5. The lowest BCUT2D eigenvalue weighted by Gasteiger charge is -2.61. The third kappa shape index (κ3) is 2.45. The fourth-order valence-electron chi connectivity index (χ4n) is 4.18. The molecule has 128 valence electrons. The number of thioether (sulfide) groups is 1. The first-order chi connectivity index (χ1) is 11.3. The molecule has 0 radical (unpaired) electrons. The molecular weight excluding hydrogens is 453 g/mol. The van der Waals surface area contributed by atoms with E-state index in [1.165, 1.54) is 0 Å². The molecular formula is C18H21ClIN3S. The predicted octanol–water partition coefficient (Wildman–Crippen LogP) is 5.54. The lowest BCUT2D eigenvalue weighted by atomic mass is 9.71. The number of nitrogens with zero attached hydrogens (tertiary/aromatic N) is 3. The molecule has 3 nitrogen and oxygen atoms in total. The molecule has 3 fully saturated rings. The molecule has 3 heterocycles. The van der Waals surface area contributed by atoms with Gasteiger partial charge in [0.1, 0.15) is 9.39 Å². The van der Waals surface area contributed by atoms with Crippen LogP contribution in [0.1, 0.15) is 46.1 Å². The first kappa shape index (κ1) is 17.2. The van der Waals surface area contributed by atoms with Crippen molar-refractivity contribution in [3.8, 4) is 11.3 Å². The van der Waals surface area contributed by atoms with Gasteiger partial charge in [-0.15, -0.1) is 28.5 Å². The van der Waals surface area contributed by atoms with E-state index in [0.29, 0.717) is 6.04 Å². The van der Waals surface area contributed by atoms with E-state index >= 15 is 0 Å². The van der Waals surface area contributed by atoms with Gasteiger partial charge in [0.15, 0.2) is 0 Å². The summed E-state index contributed by atoms with van der Waals surface area (Å²) in [4.78, 5) is -0.165. The second kappa shape index (κ2) is 5.61. The van der Waals surface area contributed by atoms with E-state index in [0.717, 1.165) is 34.2 Å². The minimum atomic E-state index is -0.165. The highest BCUT2D eigenvalue weighted by atomic mass is 127. The Hall–Kier alpha value is -0.270. The monoisotopic (exact) mass is 473 g/mol. The molecule has 3 atom stereocenters. The summed E-state index contributed by atoms with van der Waals surface area (Å²) in [6.45, 7) is 6.96. The second-order valence-corrected chi connectivity index (χ2v) is 11.6. The van der Waals surface area contributed by atoms with E-state index in [1.54, 1.807) is 0 Å². The third-order valence-corrected chi connectivity index (χ3v) is 9.56. The maximum Gasteiger partial charge on any atom is 0.127 e. The molecule has 1 aromatic carbocycles. The van der Waals surface area contributed by atoms with Crippen molar-refractivity contribution >= 4 is 46.0 Å². The Kier molecular flexibility index (Phi) is 4.01. The summed E-state index contributed by atoms with van der Waals surface area (Å²) in [5, 5.41) is 9.03. The molecule has 2 bridgehead atoms. The van der Waals surface area contributed by atoms with Crippen LogP contribution in [-0.4, -0.2) is 29.4 Å². The van der Waals surface area contributed by atoms with Crippen LogP contribution in [0.2, 0.25) is 0 Å². The summed E-state index contributed by atoms with van der Waals surface area (Å²) in [5.41, 5.74) is 2.09.